The first-order valence-electron chi connectivity index (χ1n) is 7.84. The molecule has 0 aliphatic carbocycles. The van der Waals surface area contributed by atoms with Crippen LogP contribution in [0, 0.1) is 12.7 Å². The number of rotatable bonds is 4. The van der Waals surface area contributed by atoms with Gasteiger partial charge in [0.25, 0.3) is 5.91 Å². The van der Waals surface area contributed by atoms with Crippen molar-refractivity contribution in [2.75, 3.05) is 11.9 Å². The normalized spacial score (nSPS) is 17.8. The zero-order chi connectivity index (χ0) is 17.3. The molecule has 1 saturated heterocycles. The molecule has 0 radical (unpaired) electrons. The van der Waals surface area contributed by atoms with E-state index in [9.17, 15) is 14.0 Å². The van der Waals surface area contributed by atoms with Crippen molar-refractivity contribution in [3.05, 3.63) is 65.5 Å². The van der Waals surface area contributed by atoms with Gasteiger partial charge in [-0.3, -0.25) is 14.5 Å². The summed E-state index contributed by atoms with van der Waals surface area (Å²) in [5.41, 5.74) is 2.57. The lowest BCUT2D eigenvalue weighted by Crippen LogP contribution is -2.39. The fourth-order valence-electron chi connectivity index (χ4n) is 2.91. The molecule has 1 atom stereocenters. The number of carbonyl (C=O) groups excluding carboxylic acids is 2. The van der Waals surface area contributed by atoms with Crippen LogP contribution in [0.2, 0.25) is 0 Å². The Balaban J connectivity index is 1.75. The minimum Gasteiger partial charge on any atom is -0.290 e. The smallest absolute Gasteiger partial charge is 0.251 e. The lowest BCUT2D eigenvalue weighted by molar-refractivity contribution is -0.122. The van der Waals surface area contributed by atoms with Crippen molar-refractivity contribution in [3.63, 3.8) is 0 Å². The van der Waals surface area contributed by atoms with Crippen molar-refractivity contribution in [2.24, 2.45) is 0 Å². The minimum atomic E-state index is -0.496. The fourth-order valence-corrected chi connectivity index (χ4v) is 2.91. The van der Waals surface area contributed by atoms with Gasteiger partial charge in [0.15, 0.2) is 0 Å². The van der Waals surface area contributed by atoms with E-state index in [1.54, 1.807) is 31.3 Å². The number of aryl methyl sites for hydroxylation is 1. The summed E-state index contributed by atoms with van der Waals surface area (Å²) in [6.45, 7) is 2.43. The van der Waals surface area contributed by atoms with E-state index in [4.69, 9.17) is 0 Å². The third-order valence-electron chi connectivity index (χ3n) is 4.29. The maximum Gasteiger partial charge on any atom is 0.251 e. The average molecular weight is 326 g/mol. The molecule has 0 spiro atoms. The van der Waals surface area contributed by atoms with Gasteiger partial charge in [-0.2, -0.15) is 0 Å². The predicted molar refractivity (Wildman–Crippen MR) is 89.9 cm³/mol. The second-order valence-electron chi connectivity index (χ2n) is 6.16. The Morgan fingerprint density at radius 2 is 1.71 bits per heavy atom. The molecule has 4 nitrogen and oxygen atoms in total. The largest absolute Gasteiger partial charge is 0.290 e. The Morgan fingerprint density at radius 1 is 1.08 bits per heavy atom. The van der Waals surface area contributed by atoms with E-state index < -0.39 is 6.04 Å². The summed E-state index contributed by atoms with van der Waals surface area (Å²) in [4.78, 5) is 28.1. The number of likely N-dealkylation sites (N-methyl/N-ethyl adjacent to an activating group) is 1. The van der Waals surface area contributed by atoms with Gasteiger partial charge in [0.1, 0.15) is 5.82 Å². The monoisotopic (exact) mass is 326 g/mol. The Kier molecular flexibility index (Phi) is 4.44. The first-order valence-corrected chi connectivity index (χ1v) is 7.84. The zero-order valence-electron chi connectivity index (χ0n) is 13.7. The van der Waals surface area contributed by atoms with Crippen molar-refractivity contribution in [3.8, 4) is 0 Å². The number of carbonyl (C=O) groups is 2. The highest BCUT2D eigenvalue weighted by Gasteiger charge is 2.41. The van der Waals surface area contributed by atoms with E-state index in [-0.39, 0.29) is 24.1 Å². The summed E-state index contributed by atoms with van der Waals surface area (Å²) in [5, 5.41) is 0. The molecule has 1 heterocycles. The van der Waals surface area contributed by atoms with Crippen LogP contribution in [0.3, 0.4) is 0 Å². The Hall–Kier alpha value is -2.53. The number of nitrogens with zero attached hydrogens (tertiary/aromatic N) is 2. The molecule has 2 aromatic carbocycles. The topological polar surface area (TPSA) is 40.6 Å². The number of imide groups is 1. The van der Waals surface area contributed by atoms with E-state index in [0.717, 1.165) is 11.1 Å². The molecule has 1 aliphatic heterocycles. The van der Waals surface area contributed by atoms with Crippen molar-refractivity contribution in [2.45, 2.75) is 25.9 Å². The highest BCUT2D eigenvalue weighted by atomic mass is 19.1. The van der Waals surface area contributed by atoms with Crippen LogP contribution in [0.25, 0.3) is 0 Å². The lowest BCUT2D eigenvalue weighted by atomic mass is 10.1. The summed E-state index contributed by atoms with van der Waals surface area (Å²) < 4.78 is 13.0. The summed E-state index contributed by atoms with van der Waals surface area (Å²) in [7, 11) is 1.80. The van der Waals surface area contributed by atoms with Gasteiger partial charge in [-0.1, -0.05) is 29.8 Å². The van der Waals surface area contributed by atoms with Crippen LogP contribution in [-0.4, -0.2) is 29.8 Å². The van der Waals surface area contributed by atoms with Crippen LogP contribution in [0.15, 0.2) is 48.5 Å². The summed E-state index contributed by atoms with van der Waals surface area (Å²) >= 11 is 0. The van der Waals surface area contributed by atoms with Gasteiger partial charge in [-0.25, -0.2) is 9.29 Å². The third kappa shape index (κ3) is 3.21. The zero-order valence-corrected chi connectivity index (χ0v) is 13.7. The summed E-state index contributed by atoms with van der Waals surface area (Å²) in [6, 6.07) is 13.0. The SMILES string of the molecule is Cc1ccc(N2C(=O)CC(N(C)Cc3ccc(F)cc3)C2=O)cc1. The number of halogens is 1. The maximum absolute atomic E-state index is 13.0. The van der Waals surface area contributed by atoms with Crippen LogP contribution in [0.4, 0.5) is 10.1 Å². The quantitative estimate of drug-likeness (QED) is 0.811. The van der Waals surface area contributed by atoms with Crippen molar-refractivity contribution >= 4 is 17.5 Å². The molecular formula is C19H19FN2O2. The Bertz CT molecular complexity index is 756. The van der Waals surface area contributed by atoms with Crippen molar-refractivity contribution in [1.82, 2.24) is 4.90 Å². The second kappa shape index (κ2) is 6.53. The molecule has 24 heavy (non-hydrogen) atoms. The summed E-state index contributed by atoms with van der Waals surface area (Å²) in [5.74, 6) is -0.702. The molecule has 0 N–H and O–H groups in total. The highest BCUT2D eigenvalue weighted by molar-refractivity contribution is 6.22. The Morgan fingerprint density at radius 3 is 2.33 bits per heavy atom. The molecule has 2 aromatic rings. The first-order chi connectivity index (χ1) is 11.5. The van der Waals surface area contributed by atoms with Crippen molar-refractivity contribution in [1.29, 1.82) is 0 Å². The number of anilines is 1. The molecule has 2 amide bonds. The van der Waals surface area contributed by atoms with Gasteiger partial charge in [-0.05, 0) is 43.8 Å². The van der Waals surface area contributed by atoms with E-state index in [0.29, 0.717) is 12.2 Å². The molecular weight excluding hydrogens is 307 g/mol. The van der Waals surface area contributed by atoms with Crippen LogP contribution in [0.5, 0.6) is 0 Å². The molecule has 124 valence electrons. The second-order valence-corrected chi connectivity index (χ2v) is 6.16. The van der Waals surface area contributed by atoms with Gasteiger partial charge in [0.2, 0.25) is 5.91 Å². The highest BCUT2D eigenvalue weighted by Crippen LogP contribution is 2.26. The molecule has 1 aliphatic rings. The number of benzene rings is 2. The molecule has 3 rings (SSSR count). The molecule has 5 heteroatoms. The Labute approximate surface area is 140 Å². The molecule has 0 aromatic heterocycles. The number of hydrogen-bond acceptors (Lipinski definition) is 3. The molecule has 1 fully saturated rings. The molecule has 0 bridgehead atoms. The van der Waals surface area contributed by atoms with Crippen LogP contribution >= 0.6 is 0 Å². The van der Waals surface area contributed by atoms with Crippen LogP contribution in [0.1, 0.15) is 17.5 Å². The van der Waals surface area contributed by atoms with Gasteiger partial charge in [0.05, 0.1) is 18.2 Å². The van der Waals surface area contributed by atoms with Crippen molar-refractivity contribution < 1.29 is 14.0 Å². The number of amides is 2. The minimum absolute atomic E-state index is 0.157. The van der Waals surface area contributed by atoms with Gasteiger partial charge < -0.3 is 0 Å². The number of hydrogen-bond donors (Lipinski definition) is 0. The fraction of sp³-hybridized carbons (Fsp3) is 0.263. The first kappa shape index (κ1) is 16.3. The van der Waals surface area contributed by atoms with E-state index >= 15 is 0 Å². The van der Waals surface area contributed by atoms with Gasteiger partial charge >= 0.3 is 0 Å². The van der Waals surface area contributed by atoms with E-state index in [1.807, 2.05) is 24.0 Å². The van der Waals surface area contributed by atoms with Gasteiger partial charge in [0, 0.05) is 6.54 Å². The van der Waals surface area contributed by atoms with Crippen LogP contribution < -0.4 is 4.90 Å². The third-order valence-corrected chi connectivity index (χ3v) is 4.29. The summed E-state index contributed by atoms with van der Waals surface area (Å²) in [6.07, 6.45) is 0.157. The standard InChI is InChI=1S/C19H19FN2O2/c1-13-3-9-16(10-4-13)22-18(23)11-17(19(22)24)21(2)12-14-5-7-15(20)8-6-14/h3-10,17H,11-12H2,1-2H3. The van der Waals surface area contributed by atoms with E-state index in [1.165, 1.54) is 17.0 Å². The van der Waals surface area contributed by atoms with Crippen LogP contribution in [-0.2, 0) is 16.1 Å². The molecule has 0 saturated carbocycles. The average Bonchev–Trinajstić information content (AvgIpc) is 2.85. The van der Waals surface area contributed by atoms with E-state index in [2.05, 4.69) is 0 Å². The predicted octanol–water partition coefficient (Wildman–Crippen LogP) is 2.90. The maximum atomic E-state index is 13.0. The lowest BCUT2D eigenvalue weighted by Gasteiger charge is -2.23. The van der Waals surface area contributed by atoms with Gasteiger partial charge in [-0.15, -0.1) is 0 Å². The molecule has 1 unspecified atom stereocenters.